The lowest BCUT2D eigenvalue weighted by atomic mass is 10.2. The van der Waals surface area contributed by atoms with Gasteiger partial charge in [-0.15, -0.1) is 0 Å². The van der Waals surface area contributed by atoms with Gasteiger partial charge in [-0.2, -0.15) is 9.78 Å². The fourth-order valence-electron chi connectivity index (χ4n) is 3.76. The average Bonchev–Trinajstić information content (AvgIpc) is 2.94. The third-order valence-corrected chi connectivity index (χ3v) is 5.69. The molecule has 4 aromatic carbocycles. The summed E-state index contributed by atoms with van der Waals surface area (Å²) in [6, 6.07) is 31.4. The van der Waals surface area contributed by atoms with E-state index < -0.39 is 0 Å². The molecule has 5 aromatic rings. The van der Waals surface area contributed by atoms with Crippen molar-refractivity contribution in [3.8, 4) is 17.1 Å². The van der Waals surface area contributed by atoms with Gasteiger partial charge in [0.1, 0.15) is 5.75 Å². The van der Waals surface area contributed by atoms with Gasteiger partial charge in [-0.05, 0) is 61.0 Å². The van der Waals surface area contributed by atoms with Crippen molar-refractivity contribution in [2.75, 3.05) is 11.9 Å². The molecule has 0 atom stereocenters. The lowest BCUT2D eigenvalue weighted by molar-refractivity contribution is -0.118. The molecule has 182 valence electrons. The van der Waals surface area contributed by atoms with Gasteiger partial charge in [-0.1, -0.05) is 60.2 Å². The Hall–Kier alpha value is -5.04. The third kappa shape index (κ3) is 5.62. The minimum atomic E-state index is -0.250. The summed E-state index contributed by atoms with van der Waals surface area (Å²) in [6.07, 6.45) is 1.60. The smallest absolute Gasteiger partial charge is 0.282 e. The molecule has 1 aromatic heterocycles. The first-order valence-electron chi connectivity index (χ1n) is 11.8. The Bertz CT molecular complexity index is 1620. The van der Waals surface area contributed by atoms with Crippen molar-refractivity contribution in [3.05, 3.63) is 125 Å². The first kappa shape index (κ1) is 23.7. The summed E-state index contributed by atoms with van der Waals surface area (Å²) in [7, 11) is 0. The second-order valence-corrected chi connectivity index (χ2v) is 8.45. The molecule has 7 nitrogen and oxygen atoms in total. The van der Waals surface area contributed by atoms with Crippen molar-refractivity contribution < 1.29 is 9.53 Å². The van der Waals surface area contributed by atoms with Gasteiger partial charge in [0.05, 0.1) is 17.1 Å². The Morgan fingerprint density at radius 2 is 1.62 bits per heavy atom. The summed E-state index contributed by atoms with van der Waals surface area (Å²) >= 11 is 0. The number of hydrogen-bond donors (Lipinski definition) is 1. The lowest BCUT2D eigenvalue weighted by Crippen LogP contribution is -2.20. The molecule has 0 aliphatic rings. The highest BCUT2D eigenvalue weighted by Gasteiger charge is 2.12. The van der Waals surface area contributed by atoms with E-state index in [0.29, 0.717) is 22.5 Å². The van der Waals surface area contributed by atoms with E-state index in [1.165, 1.54) is 4.68 Å². The number of aromatic nitrogens is 2. The molecule has 0 saturated carbocycles. The fourth-order valence-corrected chi connectivity index (χ4v) is 3.76. The Labute approximate surface area is 213 Å². The first-order valence-corrected chi connectivity index (χ1v) is 11.8. The van der Waals surface area contributed by atoms with Gasteiger partial charge in [0.25, 0.3) is 11.5 Å². The van der Waals surface area contributed by atoms with Crippen LogP contribution in [0.5, 0.6) is 5.75 Å². The van der Waals surface area contributed by atoms with Crippen LogP contribution < -0.4 is 15.6 Å². The van der Waals surface area contributed by atoms with Crippen LogP contribution in [0, 0.1) is 6.92 Å². The minimum Gasteiger partial charge on any atom is -0.484 e. The predicted octanol–water partition coefficient (Wildman–Crippen LogP) is 5.27. The van der Waals surface area contributed by atoms with Gasteiger partial charge in [-0.25, -0.2) is 4.98 Å². The number of anilines is 1. The molecule has 1 amide bonds. The maximum Gasteiger partial charge on any atom is 0.282 e. The second-order valence-electron chi connectivity index (χ2n) is 8.45. The molecule has 7 heteroatoms. The van der Waals surface area contributed by atoms with Crippen LogP contribution in [0.4, 0.5) is 5.69 Å². The van der Waals surface area contributed by atoms with Crippen LogP contribution in [0.25, 0.3) is 22.3 Å². The number of nitrogens with one attached hydrogen (secondary N) is 1. The van der Waals surface area contributed by atoms with E-state index in [-0.39, 0.29) is 18.1 Å². The highest BCUT2D eigenvalue weighted by molar-refractivity contribution is 5.91. The molecular weight excluding hydrogens is 464 g/mol. The van der Waals surface area contributed by atoms with E-state index in [0.717, 1.165) is 22.4 Å². The second kappa shape index (κ2) is 10.7. The van der Waals surface area contributed by atoms with Crippen molar-refractivity contribution in [1.29, 1.82) is 0 Å². The molecule has 0 unspecified atom stereocenters. The van der Waals surface area contributed by atoms with Crippen molar-refractivity contribution in [1.82, 2.24) is 9.66 Å². The molecule has 0 saturated heterocycles. The number of aryl methyl sites for hydroxylation is 1. The topological polar surface area (TPSA) is 85.6 Å². The number of carbonyl (C=O) groups excluding carboxylic acids is 1. The highest BCUT2D eigenvalue weighted by Crippen LogP contribution is 2.19. The molecule has 1 N–H and O–H groups in total. The molecule has 0 fully saturated rings. The van der Waals surface area contributed by atoms with E-state index in [1.807, 2.05) is 73.7 Å². The van der Waals surface area contributed by atoms with Crippen LogP contribution in [0.15, 0.2) is 113 Å². The lowest BCUT2D eigenvalue weighted by Gasteiger charge is -2.09. The van der Waals surface area contributed by atoms with Crippen molar-refractivity contribution in [2.24, 2.45) is 5.10 Å². The summed E-state index contributed by atoms with van der Waals surface area (Å²) in [5, 5.41) is 7.77. The zero-order chi connectivity index (χ0) is 25.6. The molecule has 0 bridgehead atoms. The van der Waals surface area contributed by atoms with Gasteiger partial charge in [-0.3, -0.25) is 9.59 Å². The van der Waals surface area contributed by atoms with Crippen LogP contribution in [-0.2, 0) is 4.79 Å². The van der Waals surface area contributed by atoms with Crippen LogP contribution in [-0.4, -0.2) is 28.4 Å². The van der Waals surface area contributed by atoms with Gasteiger partial charge in [0, 0.05) is 11.3 Å². The zero-order valence-electron chi connectivity index (χ0n) is 20.2. The number of ether oxygens (including phenoxy) is 1. The SMILES string of the molecule is Cc1ccc(NC(=O)COc2ccc(C=Nn3c(-c4ccccc4)nc4ccccc4c3=O)cc2)cc1. The van der Waals surface area contributed by atoms with Gasteiger partial charge in [0.2, 0.25) is 0 Å². The highest BCUT2D eigenvalue weighted by atomic mass is 16.5. The zero-order valence-corrected chi connectivity index (χ0v) is 20.2. The summed E-state index contributed by atoms with van der Waals surface area (Å²) < 4.78 is 6.92. The largest absolute Gasteiger partial charge is 0.484 e. The number of carbonyl (C=O) groups is 1. The van der Waals surface area contributed by atoms with Crippen LogP contribution in [0.3, 0.4) is 0 Å². The number of amides is 1. The first-order chi connectivity index (χ1) is 18.1. The number of para-hydroxylation sites is 1. The van der Waals surface area contributed by atoms with Gasteiger partial charge >= 0.3 is 0 Å². The number of rotatable bonds is 7. The maximum absolute atomic E-state index is 13.2. The number of hydrogen-bond acceptors (Lipinski definition) is 5. The van der Waals surface area contributed by atoms with Crippen molar-refractivity contribution >= 4 is 28.7 Å². The van der Waals surface area contributed by atoms with Gasteiger partial charge < -0.3 is 10.1 Å². The van der Waals surface area contributed by atoms with E-state index in [2.05, 4.69) is 10.4 Å². The van der Waals surface area contributed by atoms with E-state index in [1.54, 1.807) is 42.6 Å². The third-order valence-electron chi connectivity index (χ3n) is 5.69. The maximum atomic E-state index is 13.2. The normalized spacial score (nSPS) is 11.1. The van der Waals surface area contributed by atoms with E-state index in [4.69, 9.17) is 9.72 Å². The summed E-state index contributed by atoms with van der Waals surface area (Å²) in [6.45, 7) is 1.88. The standard InChI is InChI=1S/C30H24N4O3/c1-21-11-15-24(16-12-21)32-28(35)20-37-25-17-13-22(14-18-25)19-31-34-29(23-7-3-2-4-8-23)33-27-10-6-5-9-26(27)30(34)36/h2-19H,20H2,1H3,(H,32,35). The molecule has 5 rings (SSSR count). The Morgan fingerprint density at radius 1 is 0.919 bits per heavy atom. The molecule has 0 spiro atoms. The predicted molar refractivity (Wildman–Crippen MR) is 146 cm³/mol. The monoisotopic (exact) mass is 488 g/mol. The number of benzene rings is 4. The Morgan fingerprint density at radius 3 is 2.38 bits per heavy atom. The molecule has 1 heterocycles. The molecule has 37 heavy (non-hydrogen) atoms. The number of nitrogens with zero attached hydrogens (tertiary/aromatic N) is 3. The van der Waals surface area contributed by atoms with E-state index >= 15 is 0 Å². The van der Waals surface area contributed by atoms with Crippen LogP contribution in [0.1, 0.15) is 11.1 Å². The van der Waals surface area contributed by atoms with Gasteiger partial charge in [0.15, 0.2) is 12.4 Å². The Kier molecular flexibility index (Phi) is 6.85. The quantitative estimate of drug-likeness (QED) is 0.316. The van der Waals surface area contributed by atoms with Crippen LogP contribution in [0.2, 0.25) is 0 Å². The van der Waals surface area contributed by atoms with Crippen LogP contribution >= 0.6 is 0 Å². The minimum absolute atomic E-state index is 0.111. The summed E-state index contributed by atoms with van der Waals surface area (Å²) in [5.74, 6) is 0.761. The molecule has 0 aliphatic heterocycles. The molecular formula is C30H24N4O3. The summed E-state index contributed by atoms with van der Waals surface area (Å²) in [4.78, 5) is 30.1. The van der Waals surface area contributed by atoms with Crippen molar-refractivity contribution in [2.45, 2.75) is 6.92 Å². The van der Waals surface area contributed by atoms with Crippen molar-refractivity contribution in [3.63, 3.8) is 0 Å². The number of fused-ring (bicyclic) bond motifs is 1. The summed E-state index contributed by atoms with van der Waals surface area (Å²) in [5.41, 5.74) is 3.76. The fraction of sp³-hybridized carbons (Fsp3) is 0.0667. The van der Waals surface area contributed by atoms with E-state index in [9.17, 15) is 9.59 Å². The molecule has 0 radical (unpaired) electrons. The molecule has 0 aliphatic carbocycles. The average molecular weight is 489 g/mol. The Balaban J connectivity index is 1.32.